The zero-order valence-electron chi connectivity index (χ0n) is 9.74. The third kappa shape index (κ3) is 2.69. The van der Waals surface area contributed by atoms with Gasteiger partial charge in [-0.2, -0.15) is 0 Å². The van der Waals surface area contributed by atoms with Crippen LogP contribution < -0.4 is 0 Å². The summed E-state index contributed by atoms with van der Waals surface area (Å²) >= 11 is 0. The van der Waals surface area contributed by atoms with Gasteiger partial charge in [0.25, 0.3) is 0 Å². The van der Waals surface area contributed by atoms with Crippen LogP contribution in [0.4, 0.5) is 8.78 Å². The maximum atomic E-state index is 13.1. The van der Waals surface area contributed by atoms with Crippen LogP contribution in [-0.4, -0.2) is 9.97 Å². The molecule has 18 heavy (non-hydrogen) atoms. The Bertz CT molecular complexity index is 610. The normalized spacial score (nSPS) is 9.72. The summed E-state index contributed by atoms with van der Waals surface area (Å²) in [6.45, 7) is 1.95. The van der Waals surface area contributed by atoms with Crippen LogP contribution in [0.1, 0.15) is 18.9 Å². The van der Waals surface area contributed by atoms with Gasteiger partial charge in [0.2, 0.25) is 0 Å². The van der Waals surface area contributed by atoms with Crippen LogP contribution in [0.5, 0.6) is 0 Å². The summed E-state index contributed by atoms with van der Waals surface area (Å²) in [7, 11) is 0. The van der Waals surface area contributed by atoms with Gasteiger partial charge in [0.05, 0.1) is 5.56 Å². The Labute approximate surface area is 104 Å². The van der Waals surface area contributed by atoms with E-state index in [-0.39, 0.29) is 0 Å². The lowest BCUT2D eigenvalue weighted by atomic mass is 10.2. The fourth-order valence-electron chi connectivity index (χ4n) is 1.37. The molecular weight excluding hydrogens is 234 g/mol. The lowest BCUT2D eigenvalue weighted by Crippen LogP contribution is -1.92. The van der Waals surface area contributed by atoms with Crippen LogP contribution in [0.25, 0.3) is 11.4 Å². The van der Waals surface area contributed by atoms with Crippen LogP contribution >= 0.6 is 0 Å². The van der Waals surface area contributed by atoms with Crippen LogP contribution in [0.2, 0.25) is 0 Å². The highest BCUT2D eigenvalue weighted by atomic mass is 19.2. The predicted molar refractivity (Wildman–Crippen MR) is 64.6 cm³/mol. The first kappa shape index (κ1) is 12.2. The van der Waals surface area contributed by atoms with Crippen molar-refractivity contribution in [2.75, 3.05) is 0 Å². The summed E-state index contributed by atoms with van der Waals surface area (Å²) in [5, 5.41) is 0. The Balaban J connectivity index is 2.31. The Hall–Kier alpha value is -2.28. The van der Waals surface area contributed by atoms with E-state index in [9.17, 15) is 8.78 Å². The van der Waals surface area contributed by atoms with Crippen molar-refractivity contribution >= 4 is 0 Å². The molecule has 0 radical (unpaired) electrons. The second-order valence-electron chi connectivity index (χ2n) is 3.58. The smallest absolute Gasteiger partial charge is 0.159 e. The summed E-state index contributed by atoms with van der Waals surface area (Å²) in [5.41, 5.74) is 1.13. The van der Waals surface area contributed by atoms with Gasteiger partial charge >= 0.3 is 0 Å². The van der Waals surface area contributed by atoms with E-state index in [2.05, 4.69) is 21.8 Å². The molecule has 0 aliphatic carbocycles. The first-order chi connectivity index (χ1) is 8.70. The van der Waals surface area contributed by atoms with Gasteiger partial charge < -0.3 is 0 Å². The van der Waals surface area contributed by atoms with Crippen molar-refractivity contribution in [2.24, 2.45) is 0 Å². The van der Waals surface area contributed by atoms with Gasteiger partial charge in [0, 0.05) is 24.4 Å². The molecule has 2 aromatic rings. The van der Waals surface area contributed by atoms with E-state index in [1.807, 2.05) is 6.92 Å². The van der Waals surface area contributed by atoms with Crippen molar-refractivity contribution in [1.82, 2.24) is 9.97 Å². The predicted octanol–water partition coefficient (Wildman–Crippen LogP) is 3.18. The molecule has 0 bridgehead atoms. The molecular formula is C14H10F2N2. The van der Waals surface area contributed by atoms with Gasteiger partial charge in [-0.1, -0.05) is 18.8 Å². The lowest BCUT2D eigenvalue weighted by molar-refractivity contribution is 0.509. The molecule has 4 heteroatoms. The molecule has 0 amide bonds. The minimum atomic E-state index is -0.911. The first-order valence-corrected chi connectivity index (χ1v) is 5.47. The van der Waals surface area contributed by atoms with Crippen molar-refractivity contribution in [3.05, 3.63) is 47.8 Å². The van der Waals surface area contributed by atoms with Crippen LogP contribution in [-0.2, 0) is 0 Å². The average molecular weight is 244 g/mol. The third-order valence-electron chi connectivity index (χ3n) is 2.24. The molecule has 0 aliphatic rings. The van der Waals surface area contributed by atoms with Crippen molar-refractivity contribution in [3.8, 4) is 23.2 Å². The molecule has 1 aromatic heterocycles. The van der Waals surface area contributed by atoms with Crippen molar-refractivity contribution in [2.45, 2.75) is 13.3 Å². The van der Waals surface area contributed by atoms with Crippen molar-refractivity contribution in [1.29, 1.82) is 0 Å². The number of hydrogen-bond acceptors (Lipinski definition) is 2. The largest absolute Gasteiger partial charge is 0.235 e. The molecule has 0 N–H and O–H groups in total. The van der Waals surface area contributed by atoms with Gasteiger partial charge in [-0.05, 0) is 18.2 Å². The summed E-state index contributed by atoms with van der Waals surface area (Å²) in [4.78, 5) is 8.14. The molecule has 0 aliphatic heterocycles. The molecule has 0 unspecified atom stereocenters. The fraction of sp³-hybridized carbons (Fsp3) is 0.143. The van der Waals surface area contributed by atoms with E-state index in [0.717, 1.165) is 18.6 Å². The van der Waals surface area contributed by atoms with E-state index in [0.29, 0.717) is 17.0 Å². The molecule has 0 saturated carbocycles. The van der Waals surface area contributed by atoms with Crippen LogP contribution in [0.3, 0.4) is 0 Å². The van der Waals surface area contributed by atoms with E-state index < -0.39 is 11.6 Å². The third-order valence-corrected chi connectivity index (χ3v) is 2.24. The van der Waals surface area contributed by atoms with E-state index in [1.165, 1.54) is 6.07 Å². The van der Waals surface area contributed by atoms with Crippen molar-refractivity contribution in [3.63, 3.8) is 0 Å². The Kier molecular flexibility index (Phi) is 3.63. The molecule has 0 atom stereocenters. The van der Waals surface area contributed by atoms with E-state index in [4.69, 9.17) is 0 Å². The van der Waals surface area contributed by atoms with Crippen LogP contribution in [0.15, 0.2) is 30.6 Å². The number of rotatable bonds is 1. The summed E-state index contributed by atoms with van der Waals surface area (Å²) in [6, 6.07) is 3.56. The molecule has 0 saturated heterocycles. The standard InChI is InChI=1S/C14H10F2N2/c1-2-3-4-10-8-17-14(18-9-10)11-5-6-12(15)13(16)7-11/h5-9H,2H2,1H3. The molecule has 2 nitrogen and oxygen atoms in total. The maximum absolute atomic E-state index is 13.1. The highest BCUT2D eigenvalue weighted by Crippen LogP contribution is 2.17. The topological polar surface area (TPSA) is 25.8 Å². The monoisotopic (exact) mass is 244 g/mol. The highest BCUT2D eigenvalue weighted by molar-refractivity contribution is 5.55. The molecule has 0 spiro atoms. The van der Waals surface area contributed by atoms with Gasteiger partial charge in [0.1, 0.15) is 0 Å². The van der Waals surface area contributed by atoms with E-state index in [1.54, 1.807) is 12.4 Å². The number of nitrogens with zero attached hydrogens (tertiary/aromatic N) is 2. The quantitative estimate of drug-likeness (QED) is 0.720. The van der Waals surface area contributed by atoms with Gasteiger partial charge in [-0.3, -0.25) is 0 Å². The minimum Gasteiger partial charge on any atom is -0.235 e. The van der Waals surface area contributed by atoms with Gasteiger partial charge in [-0.15, -0.1) is 0 Å². The highest BCUT2D eigenvalue weighted by Gasteiger charge is 2.06. The minimum absolute atomic E-state index is 0.343. The molecule has 1 heterocycles. The number of benzene rings is 1. The summed E-state index contributed by atoms with van der Waals surface area (Å²) in [6.07, 6.45) is 3.88. The second kappa shape index (κ2) is 5.37. The molecule has 2 rings (SSSR count). The van der Waals surface area contributed by atoms with Gasteiger partial charge in [-0.25, -0.2) is 18.7 Å². The Morgan fingerprint density at radius 3 is 2.44 bits per heavy atom. The van der Waals surface area contributed by atoms with Crippen molar-refractivity contribution < 1.29 is 8.78 Å². The fourth-order valence-corrected chi connectivity index (χ4v) is 1.37. The average Bonchev–Trinajstić information content (AvgIpc) is 2.40. The summed E-state index contributed by atoms with van der Waals surface area (Å²) < 4.78 is 25.8. The zero-order chi connectivity index (χ0) is 13.0. The Morgan fingerprint density at radius 2 is 1.83 bits per heavy atom. The molecule has 1 aromatic carbocycles. The number of aromatic nitrogens is 2. The number of hydrogen-bond donors (Lipinski definition) is 0. The first-order valence-electron chi connectivity index (χ1n) is 5.47. The van der Waals surface area contributed by atoms with E-state index >= 15 is 0 Å². The molecule has 0 fully saturated rings. The van der Waals surface area contributed by atoms with Crippen LogP contribution in [0, 0.1) is 23.5 Å². The Morgan fingerprint density at radius 1 is 1.11 bits per heavy atom. The second-order valence-corrected chi connectivity index (χ2v) is 3.58. The zero-order valence-corrected chi connectivity index (χ0v) is 9.74. The lowest BCUT2D eigenvalue weighted by Gasteiger charge is -2.00. The SMILES string of the molecule is CCC#Cc1cnc(-c2ccc(F)c(F)c2)nc1. The molecule has 90 valence electrons. The summed E-state index contributed by atoms with van der Waals surface area (Å²) in [5.74, 6) is 4.33. The van der Waals surface area contributed by atoms with Gasteiger partial charge in [0.15, 0.2) is 17.5 Å². The maximum Gasteiger partial charge on any atom is 0.159 e. The number of halogens is 2.